The molecule has 0 heterocycles. The number of hydrogen-bond acceptors (Lipinski definition) is 3. The lowest BCUT2D eigenvalue weighted by atomic mass is 10.1. The van der Waals surface area contributed by atoms with Crippen molar-refractivity contribution in [3.8, 4) is 0 Å². The van der Waals surface area contributed by atoms with E-state index in [2.05, 4.69) is 10.6 Å². The van der Waals surface area contributed by atoms with Gasteiger partial charge in [-0.3, -0.25) is 9.59 Å². The monoisotopic (exact) mass is 264 g/mol. The van der Waals surface area contributed by atoms with Crippen molar-refractivity contribution >= 4 is 11.8 Å². The molecule has 0 atom stereocenters. The number of hydrogen-bond donors (Lipinski definition) is 2. The topological polar surface area (TPSA) is 67.4 Å². The average Bonchev–Trinajstić information content (AvgIpc) is 2.39. The number of rotatable bonds is 6. The zero-order valence-corrected chi connectivity index (χ0v) is 11.6. The number of benzene rings is 1. The summed E-state index contributed by atoms with van der Waals surface area (Å²) in [6.45, 7) is 4.80. The number of methoxy groups -OCH3 is 1. The molecule has 0 aliphatic rings. The van der Waals surface area contributed by atoms with Crippen LogP contribution in [-0.4, -0.2) is 38.6 Å². The van der Waals surface area contributed by atoms with Crippen LogP contribution in [-0.2, 0) is 9.53 Å². The normalized spacial score (nSPS) is 10.1. The van der Waals surface area contributed by atoms with Crippen molar-refractivity contribution in [2.75, 3.05) is 26.8 Å². The van der Waals surface area contributed by atoms with Crippen LogP contribution < -0.4 is 10.6 Å². The van der Waals surface area contributed by atoms with E-state index < -0.39 is 0 Å². The van der Waals surface area contributed by atoms with Gasteiger partial charge in [-0.05, 0) is 37.1 Å². The van der Waals surface area contributed by atoms with E-state index in [-0.39, 0.29) is 18.4 Å². The lowest BCUT2D eigenvalue weighted by Gasteiger charge is -2.08. The van der Waals surface area contributed by atoms with Crippen LogP contribution in [0, 0.1) is 13.8 Å². The van der Waals surface area contributed by atoms with Gasteiger partial charge in [0.25, 0.3) is 5.91 Å². The van der Waals surface area contributed by atoms with Crippen LogP contribution in [0.2, 0.25) is 0 Å². The average molecular weight is 264 g/mol. The molecule has 5 heteroatoms. The van der Waals surface area contributed by atoms with Gasteiger partial charge in [0.2, 0.25) is 5.91 Å². The Hall–Kier alpha value is -1.88. The number of carbonyl (C=O) groups is 2. The maximum absolute atomic E-state index is 11.8. The fourth-order valence-corrected chi connectivity index (χ4v) is 1.50. The first kappa shape index (κ1) is 15.2. The highest BCUT2D eigenvalue weighted by atomic mass is 16.5. The first-order valence-electron chi connectivity index (χ1n) is 6.15. The number of nitrogens with one attached hydrogen (secondary N) is 2. The molecule has 19 heavy (non-hydrogen) atoms. The molecule has 0 spiro atoms. The molecule has 0 saturated heterocycles. The van der Waals surface area contributed by atoms with Gasteiger partial charge < -0.3 is 15.4 Å². The van der Waals surface area contributed by atoms with E-state index >= 15 is 0 Å². The van der Waals surface area contributed by atoms with Gasteiger partial charge in [0.1, 0.15) is 0 Å². The van der Waals surface area contributed by atoms with Crippen LogP contribution >= 0.6 is 0 Å². The van der Waals surface area contributed by atoms with Gasteiger partial charge in [0.15, 0.2) is 0 Å². The van der Waals surface area contributed by atoms with Crippen molar-refractivity contribution in [2.24, 2.45) is 0 Å². The van der Waals surface area contributed by atoms with Gasteiger partial charge in [-0.25, -0.2) is 0 Å². The maximum atomic E-state index is 11.8. The summed E-state index contributed by atoms with van der Waals surface area (Å²) in [6, 6.07) is 5.46. The highest BCUT2D eigenvalue weighted by Gasteiger charge is 2.08. The first-order valence-corrected chi connectivity index (χ1v) is 6.15. The zero-order chi connectivity index (χ0) is 14.3. The molecule has 0 fully saturated rings. The predicted molar refractivity (Wildman–Crippen MR) is 73.1 cm³/mol. The number of carbonyl (C=O) groups excluding carboxylic acids is 2. The van der Waals surface area contributed by atoms with Crippen molar-refractivity contribution in [3.63, 3.8) is 0 Å². The summed E-state index contributed by atoms with van der Waals surface area (Å²) in [7, 11) is 1.56. The summed E-state index contributed by atoms with van der Waals surface area (Å²) in [5, 5.41) is 5.21. The summed E-state index contributed by atoms with van der Waals surface area (Å²) < 4.78 is 4.81. The first-order chi connectivity index (χ1) is 9.04. The van der Waals surface area contributed by atoms with Crippen LogP contribution in [0.5, 0.6) is 0 Å². The van der Waals surface area contributed by atoms with Crippen LogP contribution in [0.15, 0.2) is 18.2 Å². The number of aryl methyl sites for hydroxylation is 2. The fraction of sp³-hybridized carbons (Fsp3) is 0.429. The lowest BCUT2D eigenvalue weighted by molar-refractivity contribution is -0.120. The highest BCUT2D eigenvalue weighted by Crippen LogP contribution is 2.09. The van der Waals surface area contributed by atoms with E-state index in [4.69, 9.17) is 4.74 Å². The Bertz CT molecular complexity index is 458. The molecule has 0 saturated carbocycles. The van der Waals surface area contributed by atoms with Crippen LogP contribution in [0.1, 0.15) is 21.5 Å². The van der Waals surface area contributed by atoms with E-state index in [0.717, 1.165) is 11.1 Å². The molecule has 0 aliphatic heterocycles. The summed E-state index contributed by atoms with van der Waals surface area (Å²) >= 11 is 0. The molecule has 0 aliphatic carbocycles. The van der Waals surface area contributed by atoms with Crippen LogP contribution in [0.25, 0.3) is 0 Å². The number of amides is 2. The molecule has 0 radical (unpaired) electrons. The molecule has 1 rings (SSSR count). The van der Waals surface area contributed by atoms with E-state index in [0.29, 0.717) is 18.7 Å². The van der Waals surface area contributed by atoms with Crippen molar-refractivity contribution < 1.29 is 14.3 Å². The fourth-order valence-electron chi connectivity index (χ4n) is 1.50. The molecule has 0 aromatic heterocycles. The summed E-state index contributed by atoms with van der Waals surface area (Å²) in [4.78, 5) is 23.2. The van der Waals surface area contributed by atoms with Crippen LogP contribution in [0.3, 0.4) is 0 Å². The molecule has 5 nitrogen and oxygen atoms in total. The minimum atomic E-state index is -0.245. The molecule has 1 aromatic rings. The predicted octanol–water partition coefficient (Wildman–Crippen LogP) is 0.796. The van der Waals surface area contributed by atoms with Gasteiger partial charge in [-0.2, -0.15) is 0 Å². The van der Waals surface area contributed by atoms with Gasteiger partial charge >= 0.3 is 0 Å². The second-order valence-corrected chi connectivity index (χ2v) is 4.32. The van der Waals surface area contributed by atoms with Gasteiger partial charge in [0, 0.05) is 19.2 Å². The van der Waals surface area contributed by atoms with E-state index in [1.807, 2.05) is 26.0 Å². The SMILES string of the molecule is COCCNC(=O)CNC(=O)c1ccc(C)c(C)c1. The van der Waals surface area contributed by atoms with E-state index in [1.54, 1.807) is 13.2 Å². The molecule has 2 N–H and O–H groups in total. The third-order valence-electron chi connectivity index (χ3n) is 2.81. The summed E-state index contributed by atoms with van der Waals surface area (Å²) in [5.41, 5.74) is 2.75. The second-order valence-electron chi connectivity index (χ2n) is 4.32. The third kappa shape index (κ3) is 5.09. The van der Waals surface area contributed by atoms with E-state index in [1.165, 1.54) is 0 Å². The minimum absolute atomic E-state index is 0.0323. The molecule has 104 valence electrons. The Morgan fingerprint density at radius 1 is 1.16 bits per heavy atom. The van der Waals surface area contributed by atoms with E-state index in [9.17, 15) is 9.59 Å². The Morgan fingerprint density at radius 2 is 1.89 bits per heavy atom. The molecule has 0 unspecified atom stereocenters. The number of ether oxygens (including phenoxy) is 1. The Kier molecular flexibility index (Phi) is 6.02. The molecular formula is C14H20N2O3. The zero-order valence-electron chi connectivity index (χ0n) is 11.6. The standard InChI is InChI=1S/C14H20N2O3/c1-10-4-5-12(8-11(10)2)14(18)16-9-13(17)15-6-7-19-3/h4-5,8H,6-7,9H2,1-3H3,(H,15,17)(H,16,18). The third-order valence-corrected chi connectivity index (χ3v) is 2.81. The van der Waals surface area contributed by atoms with Crippen molar-refractivity contribution in [1.29, 1.82) is 0 Å². The maximum Gasteiger partial charge on any atom is 0.251 e. The Morgan fingerprint density at radius 3 is 2.53 bits per heavy atom. The lowest BCUT2D eigenvalue weighted by Crippen LogP contribution is -2.38. The van der Waals surface area contributed by atoms with Gasteiger partial charge in [0.05, 0.1) is 13.2 Å². The minimum Gasteiger partial charge on any atom is -0.383 e. The van der Waals surface area contributed by atoms with Crippen molar-refractivity contribution in [3.05, 3.63) is 34.9 Å². The van der Waals surface area contributed by atoms with Crippen LogP contribution in [0.4, 0.5) is 0 Å². The Balaban J connectivity index is 2.42. The smallest absolute Gasteiger partial charge is 0.251 e. The van der Waals surface area contributed by atoms with Crippen molar-refractivity contribution in [2.45, 2.75) is 13.8 Å². The van der Waals surface area contributed by atoms with Crippen molar-refractivity contribution in [1.82, 2.24) is 10.6 Å². The molecular weight excluding hydrogens is 244 g/mol. The quantitative estimate of drug-likeness (QED) is 0.747. The second kappa shape index (κ2) is 7.53. The van der Waals surface area contributed by atoms with Gasteiger partial charge in [-0.1, -0.05) is 6.07 Å². The highest BCUT2D eigenvalue weighted by molar-refractivity contribution is 5.96. The van der Waals surface area contributed by atoms with Gasteiger partial charge in [-0.15, -0.1) is 0 Å². The molecule has 1 aromatic carbocycles. The summed E-state index contributed by atoms with van der Waals surface area (Å²) in [6.07, 6.45) is 0. The largest absolute Gasteiger partial charge is 0.383 e. The summed E-state index contributed by atoms with van der Waals surface area (Å²) in [5.74, 6) is -0.473. The molecule has 2 amide bonds. The Labute approximate surface area is 113 Å². The molecule has 0 bridgehead atoms.